The highest BCUT2D eigenvalue weighted by Gasteiger charge is 2.16. The molecule has 0 radical (unpaired) electrons. The van der Waals surface area contributed by atoms with Crippen LogP contribution in [0.15, 0.2) is 65.2 Å². The molecule has 0 aliphatic carbocycles. The van der Waals surface area contributed by atoms with Crippen molar-refractivity contribution >= 4 is 57.2 Å². The number of nitrogens with zero attached hydrogens (tertiary/aromatic N) is 1. The number of benzene rings is 2. The molecule has 1 N–H and O–H groups in total. The first kappa shape index (κ1) is 20.0. The van der Waals surface area contributed by atoms with E-state index in [-0.39, 0.29) is 11.7 Å². The van der Waals surface area contributed by atoms with Crippen molar-refractivity contribution in [3.63, 3.8) is 0 Å². The van der Waals surface area contributed by atoms with Gasteiger partial charge in [0.1, 0.15) is 5.76 Å². The molecule has 0 spiro atoms. The Hall–Kier alpha value is -2.31. The zero-order chi connectivity index (χ0) is 20.4. The lowest BCUT2D eigenvalue weighted by molar-refractivity contribution is 0.0997. The van der Waals surface area contributed by atoms with E-state index in [1.807, 2.05) is 24.3 Å². The first-order valence-corrected chi connectivity index (χ1v) is 10.5. The van der Waals surface area contributed by atoms with E-state index in [1.165, 1.54) is 11.3 Å². The molecule has 1 amide bonds. The summed E-state index contributed by atoms with van der Waals surface area (Å²) in [7, 11) is 0. The Morgan fingerprint density at radius 2 is 1.76 bits per heavy atom. The molecule has 146 valence electrons. The number of anilines is 1. The number of halogens is 3. The molecular formula is C21H13Cl3N2O2S. The number of furan rings is 1. The van der Waals surface area contributed by atoms with Gasteiger partial charge in [-0.3, -0.25) is 10.1 Å². The van der Waals surface area contributed by atoms with Gasteiger partial charge in [0, 0.05) is 33.1 Å². The topological polar surface area (TPSA) is 55.1 Å². The number of carbonyl (C=O) groups excluding carboxylic acids is 1. The van der Waals surface area contributed by atoms with E-state index < -0.39 is 0 Å². The third-order valence-electron chi connectivity index (χ3n) is 4.09. The summed E-state index contributed by atoms with van der Waals surface area (Å²) < 4.78 is 5.66. The molecule has 0 aliphatic heterocycles. The van der Waals surface area contributed by atoms with Crippen molar-refractivity contribution in [3.8, 4) is 11.3 Å². The van der Waals surface area contributed by atoms with Gasteiger partial charge < -0.3 is 4.42 Å². The van der Waals surface area contributed by atoms with Crippen molar-refractivity contribution in [2.24, 2.45) is 0 Å². The van der Waals surface area contributed by atoms with E-state index in [2.05, 4.69) is 10.3 Å². The molecular weight excluding hydrogens is 451 g/mol. The van der Waals surface area contributed by atoms with Crippen LogP contribution in [-0.2, 0) is 6.42 Å². The highest BCUT2D eigenvalue weighted by molar-refractivity contribution is 7.15. The van der Waals surface area contributed by atoms with Crippen LogP contribution in [0.1, 0.15) is 21.0 Å². The summed E-state index contributed by atoms with van der Waals surface area (Å²) in [5.41, 5.74) is 1.74. The molecule has 2 heterocycles. The van der Waals surface area contributed by atoms with Crippen molar-refractivity contribution in [2.45, 2.75) is 6.42 Å². The van der Waals surface area contributed by atoms with Crippen LogP contribution in [-0.4, -0.2) is 10.9 Å². The lowest BCUT2D eigenvalue weighted by Crippen LogP contribution is -2.10. The Bertz CT molecular complexity index is 1170. The largest absolute Gasteiger partial charge is 0.451 e. The first-order chi connectivity index (χ1) is 14.0. The molecule has 0 unspecified atom stereocenters. The lowest BCUT2D eigenvalue weighted by Gasteiger charge is -2.02. The molecule has 0 atom stereocenters. The highest BCUT2D eigenvalue weighted by Crippen LogP contribution is 2.32. The number of hydrogen-bond donors (Lipinski definition) is 1. The molecule has 0 bridgehead atoms. The van der Waals surface area contributed by atoms with Crippen LogP contribution < -0.4 is 5.32 Å². The normalized spacial score (nSPS) is 10.9. The van der Waals surface area contributed by atoms with Crippen LogP contribution >= 0.6 is 46.1 Å². The molecule has 0 fully saturated rings. The zero-order valence-electron chi connectivity index (χ0n) is 14.8. The van der Waals surface area contributed by atoms with Gasteiger partial charge in [-0.1, -0.05) is 46.9 Å². The molecule has 4 aromatic rings. The summed E-state index contributed by atoms with van der Waals surface area (Å²) >= 11 is 19.5. The highest BCUT2D eigenvalue weighted by atomic mass is 35.5. The van der Waals surface area contributed by atoms with Crippen molar-refractivity contribution < 1.29 is 9.21 Å². The number of nitrogens with one attached hydrogen (secondary N) is 1. The molecule has 29 heavy (non-hydrogen) atoms. The first-order valence-electron chi connectivity index (χ1n) is 8.54. The van der Waals surface area contributed by atoms with Gasteiger partial charge in [0.05, 0.1) is 5.02 Å². The molecule has 8 heteroatoms. The van der Waals surface area contributed by atoms with Crippen LogP contribution in [0, 0.1) is 0 Å². The maximum Gasteiger partial charge on any atom is 0.293 e. The molecule has 4 rings (SSSR count). The Kier molecular flexibility index (Phi) is 5.92. The van der Waals surface area contributed by atoms with E-state index in [9.17, 15) is 4.79 Å². The summed E-state index contributed by atoms with van der Waals surface area (Å²) in [6, 6.07) is 16.0. The van der Waals surface area contributed by atoms with E-state index in [0.29, 0.717) is 37.9 Å². The summed E-state index contributed by atoms with van der Waals surface area (Å²) in [5, 5.41) is 4.97. The van der Waals surface area contributed by atoms with Gasteiger partial charge in [-0.05, 0) is 48.0 Å². The van der Waals surface area contributed by atoms with Crippen molar-refractivity contribution in [1.82, 2.24) is 4.98 Å². The van der Waals surface area contributed by atoms with Crippen LogP contribution in [0.2, 0.25) is 15.1 Å². The van der Waals surface area contributed by atoms with Gasteiger partial charge >= 0.3 is 0 Å². The van der Waals surface area contributed by atoms with Crippen molar-refractivity contribution in [2.75, 3.05) is 5.32 Å². The SMILES string of the molecule is O=C(Nc1ncc(Cc2ccc(Cl)cc2)s1)c1ccc(-c2cc(Cl)ccc2Cl)o1. The Labute approximate surface area is 186 Å². The van der Waals surface area contributed by atoms with Gasteiger partial charge in [0.15, 0.2) is 10.9 Å². The molecule has 2 aromatic heterocycles. The van der Waals surface area contributed by atoms with Gasteiger partial charge in [-0.15, -0.1) is 11.3 Å². The van der Waals surface area contributed by atoms with Gasteiger partial charge in [-0.25, -0.2) is 4.98 Å². The molecule has 0 saturated heterocycles. The number of aromatic nitrogens is 1. The predicted molar refractivity (Wildman–Crippen MR) is 118 cm³/mol. The average Bonchev–Trinajstić information content (AvgIpc) is 3.35. The summed E-state index contributed by atoms with van der Waals surface area (Å²) in [6.45, 7) is 0. The number of rotatable bonds is 5. The smallest absolute Gasteiger partial charge is 0.293 e. The number of amides is 1. The minimum atomic E-state index is -0.387. The standard InChI is InChI=1S/C21H13Cl3N2O2S/c22-13-3-1-12(2-4-13)9-15-11-25-21(29-15)26-20(27)19-8-7-18(28-19)16-10-14(23)5-6-17(16)24/h1-8,10-11H,9H2,(H,25,26,27). The zero-order valence-corrected chi connectivity index (χ0v) is 17.9. The molecule has 0 aliphatic rings. The number of hydrogen-bond acceptors (Lipinski definition) is 4. The Balaban J connectivity index is 1.45. The van der Waals surface area contributed by atoms with Gasteiger partial charge in [0.25, 0.3) is 5.91 Å². The summed E-state index contributed by atoms with van der Waals surface area (Å²) in [6.07, 6.45) is 2.46. The van der Waals surface area contributed by atoms with E-state index in [0.717, 1.165) is 10.4 Å². The summed E-state index contributed by atoms with van der Waals surface area (Å²) in [5.74, 6) is 0.234. The number of thiazole rings is 1. The fourth-order valence-corrected chi connectivity index (χ4v) is 4.05. The lowest BCUT2D eigenvalue weighted by atomic mass is 10.1. The quantitative estimate of drug-likeness (QED) is 0.340. The second kappa shape index (κ2) is 8.59. The minimum absolute atomic E-state index is 0.158. The van der Waals surface area contributed by atoms with Gasteiger partial charge in [-0.2, -0.15) is 0 Å². The van der Waals surface area contributed by atoms with Crippen LogP contribution in [0.4, 0.5) is 5.13 Å². The summed E-state index contributed by atoms with van der Waals surface area (Å²) in [4.78, 5) is 17.8. The predicted octanol–water partition coefficient (Wildman–Crippen LogP) is 7.21. The van der Waals surface area contributed by atoms with Crippen LogP contribution in [0.3, 0.4) is 0 Å². The maximum atomic E-state index is 12.5. The van der Waals surface area contributed by atoms with E-state index in [1.54, 1.807) is 36.5 Å². The molecule has 0 saturated carbocycles. The third-order valence-corrected chi connectivity index (χ3v) is 5.82. The van der Waals surface area contributed by atoms with Crippen LogP contribution in [0.5, 0.6) is 0 Å². The maximum absolute atomic E-state index is 12.5. The van der Waals surface area contributed by atoms with Crippen molar-refractivity contribution in [3.05, 3.63) is 92.1 Å². The second-order valence-corrected chi connectivity index (χ2v) is 8.57. The Morgan fingerprint density at radius 1 is 1.00 bits per heavy atom. The minimum Gasteiger partial charge on any atom is -0.451 e. The average molecular weight is 464 g/mol. The van der Waals surface area contributed by atoms with E-state index >= 15 is 0 Å². The van der Waals surface area contributed by atoms with Crippen LogP contribution in [0.25, 0.3) is 11.3 Å². The van der Waals surface area contributed by atoms with E-state index in [4.69, 9.17) is 39.2 Å². The number of carbonyl (C=O) groups is 1. The molecule has 4 nitrogen and oxygen atoms in total. The van der Waals surface area contributed by atoms with Crippen molar-refractivity contribution in [1.29, 1.82) is 0 Å². The fraction of sp³-hybridized carbons (Fsp3) is 0.0476. The third kappa shape index (κ3) is 4.82. The molecule has 2 aromatic carbocycles. The monoisotopic (exact) mass is 462 g/mol. The fourth-order valence-electron chi connectivity index (χ4n) is 2.70. The Morgan fingerprint density at radius 3 is 2.55 bits per heavy atom. The van der Waals surface area contributed by atoms with Gasteiger partial charge in [0.2, 0.25) is 0 Å². The second-order valence-electron chi connectivity index (χ2n) is 6.18.